The predicted molar refractivity (Wildman–Crippen MR) is 91.2 cm³/mol. The van der Waals surface area contributed by atoms with E-state index in [0.717, 1.165) is 37.5 Å². The van der Waals surface area contributed by atoms with Crippen molar-refractivity contribution in [3.8, 4) is 0 Å². The van der Waals surface area contributed by atoms with Gasteiger partial charge in [0.15, 0.2) is 5.84 Å². The molecule has 0 aromatic carbocycles. The number of anilines is 1. The van der Waals surface area contributed by atoms with Crippen molar-refractivity contribution in [1.29, 1.82) is 0 Å². The Balaban J connectivity index is 1.76. The fourth-order valence-corrected chi connectivity index (χ4v) is 2.93. The minimum Gasteiger partial charge on any atom is -0.384 e. The van der Waals surface area contributed by atoms with Crippen LogP contribution < -0.4 is 11.1 Å². The average molecular weight is 299 g/mol. The standard InChI is InChI=1S/C17H25N5/c1-12(13-4-5-13)3-6-17(19-2)22-16(18)11-15(21-22)14-7-9-20-10-8-14/h3,6,11,13-14,20H,1,4-5,7-10,18H2,2H3. The second kappa shape index (κ2) is 6.48. The van der Waals surface area contributed by atoms with Crippen LogP contribution in [-0.4, -0.2) is 35.8 Å². The molecule has 0 radical (unpaired) electrons. The van der Waals surface area contributed by atoms with Crippen LogP contribution in [0.3, 0.4) is 0 Å². The van der Waals surface area contributed by atoms with E-state index in [4.69, 9.17) is 10.8 Å². The lowest BCUT2D eigenvalue weighted by atomic mass is 9.95. The molecule has 1 saturated heterocycles. The summed E-state index contributed by atoms with van der Waals surface area (Å²) in [4.78, 5) is 4.33. The first kappa shape index (κ1) is 15.0. The smallest absolute Gasteiger partial charge is 0.150 e. The molecule has 2 aliphatic rings. The summed E-state index contributed by atoms with van der Waals surface area (Å²) in [5.41, 5.74) is 8.40. The van der Waals surface area contributed by atoms with E-state index < -0.39 is 0 Å². The Kier molecular flexibility index (Phi) is 4.43. The Hall–Kier alpha value is -1.88. The molecule has 22 heavy (non-hydrogen) atoms. The number of nitrogens with one attached hydrogen (secondary N) is 1. The zero-order chi connectivity index (χ0) is 15.5. The van der Waals surface area contributed by atoms with Gasteiger partial charge in [0.25, 0.3) is 0 Å². The predicted octanol–water partition coefficient (Wildman–Crippen LogP) is 2.33. The number of piperidine rings is 1. The molecule has 0 atom stereocenters. The molecule has 0 unspecified atom stereocenters. The first-order chi connectivity index (χ1) is 10.7. The van der Waals surface area contributed by atoms with Gasteiger partial charge in [0.1, 0.15) is 5.82 Å². The molecular formula is C17H25N5. The van der Waals surface area contributed by atoms with E-state index in [-0.39, 0.29) is 0 Å². The molecule has 1 aliphatic carbocycles. The maximum atomic E-state index is 6.15. The number of aliphatic imine (C=N–C) groups is 1. The van der Waals surface area contributed by atoms with Crippen molar-refractivity contribution in [3.05, 3.63) is 36.1 Å². The van der Waals surface area contributed by atoms with Gasteiger partial charge in [-0.25, -0.2) is 0 Å². The van der Waals surface area contributed by atoms with Crippen molar-refractivity contribution in [2.45, 2.75) is 31.6 Å². The molecule has 0 spiro atoms. The van der Waals surface area contributed by atoms with Crippen molar-refractivity contribution in [1.82, 2.24) is 15.1 Å². The number of nitrogens with zero attached hydrogens (tertiary/aromatic N) is 3. The fourth-order valence-electron chi connectivity index (χ4n) is 2.93. The van der Waals surface area contributed by atoms with Gasteiger partial charge in [-0.1, -0.05) is 18.2 Å². The average Bonchev–Trinajstić information content (AvgIpc) is 3.33. The third-order valence-electron chi connectivity index (χ3n) is 4.51. The van der Waals surface area contributed by atoms with Crippen LogP contribution in [0.15, 0.2) is 35.4 Å². The van der Waals surface area contributed by atoms with Gasteiger partial charge in [-0.15, -0.1) is 0 Å². The molecule has 1 aliphatic heterocycles. The van der Waals surface area contributed by atoms with Gasteiger partial charge < -0.3 is 11.1 Å². The summed E-state index contributed by atoms with van der Waals surface area (Å²) < 4.78 is 1.74. The van der Waals surface area contributed by atoms with Crippen LogP contribution >= 0.6 is 0 Å². The maximum absolute atomic E-state index is 6.15. The Labute approximate surface area is 132 Å². The molecule has 1 aromatic rings. The summed E-state index contributed by atoms with van der Waals surface area (Å²) in [5.74, 6) is 2.57. The summed E-state index contributed by atoms with van der Waals surface area (Å²) in [6.07, 6.45) is 8.76. The van der Waals surface area contributed by atoms with Crippen LogP contribution in [0, 0.1) is 5.92 Å². The van der Waals surface area contributed by atoms with Crippen molar-refractivity contribution >= 4 is 11.7 Å². The molecule has 3 rings (SSSR count). The molecule has 2 heterocycles. The number of nitrogen functional groups attached to an aromatic ring is 1. The van der Waals surface area contributed by atoms with Crippen LogP contribution in [0.2, 0.25) is 0 Å². The fraction of sp³-hybridized carbons (Fsp3) is 0.529. The third kappa shape index (κ3) is 3.30. The molecule has 1 saturated carbocycles. The first-order valence-corrected chi connectivity index (χ1v) is 8.09. The molecule has 5 nitrogen and oxygen atoms in total. The van der Waals surface area contributed by atoms with E-state index >= 15 is 0 Å². The molecule has 0 amide bonds. The number of allylic oxidation sites excluding steroid dienone is 3. The van der Waals surface area contributed by atoms with E-state index in [0.29, 0.717) is 17.7 Å². The normalized spacial score (nSPS) is 20.7. The summed E-state index contributed by atoms with van der Waals surface area (Å²) >= 11 is 0. The highest BCUT2D eigenvalue weighted by molar-refractivity contribution is 5.96. The molecule has 5 heteroatoms. The monoisotopic (exact) mass is 299 g/mol. The van der Waals surface area contributed by atoms with Crippen LogP contribution in [0.5, 0.6) is 0 Å². The number of rotatable bonds is 4. The second-order valence-electron chi connectivity index (χ2n) is 6.19. The van der Waals surface area contributed by atoms with Gasteiger partial charge in [0.2, 0.25) is 0 Å². The molecule has 0 bridgehead atoms. The topological polar surface area (TPSA) is 68.2 Å². The Morgan fingerprint density at radius 1 is 1.36 bits per heavy atom. The van der Waals surface area contributed by atoms with Crippen LogP contribution in [0.1, 0.15) is 37.3 Å². The lowest BCUT2D eigenvalue weighted by Crippen LogP contribution is -2.27. The van der Waals surface area contributed by atoms with Crippen LogP contribution in [-0.2, 0) is 0 Å². The molecule has 118 valence electrons. The molecule has 1 aromatic heterocycles. The molecule has 2 fully saturated rings. The lowest BCUT2D eigenvalue weighted by molar-refractivity contribution is 0.452. The Morgan fingerprint density at radius 2 is 2.09 bits per heavy atom. The Bertz CT molecular complexity index is 601. The van der Waals surface area contributed by atoms with Crippen LogP contribution in [0.4, 0.5) is 5.82 Å². The third-order valence-corrected chi connectivity index (χ3v) is 4.51. The first-order valence-electron chi connectivity index (χ1n) is 8.09. The zero-order valence-corrected chi connectivity index (χ0v) is 13.3. The van der Waals surface area contributed by atoms with Crippen LogP contribution in [0.25, 0.3) is 0 Å². The minimum atomic E-state index is 0.494. The van der Waals surface area contributed by atoms with Crippen molar-refractivity contribution < 1.29 is 0 Å². The SMILES string of the molecule is C=C(C=CC(=NC)n1nc(C2CCNCC2)cc1N)C1CC1. The highest BCUT2D eigenvalue weighted by atomic mass is 15.3. The summed E-state index contributed by atoms with van der Waals surface area (Å²) in [5, 5.41) is 8.07. The van der Waals surface area contributed by atoms with Gasteiger partial charge in [-0.05, 0) is 50.8 Å². The highest BCUT2D eigenvalue weighted by Crippen LogP contribution is 2.36. The number of nitrogens with two attached hydrogens (primary N) is 1. The number of aromatic nitrogens is 2. The zero-order valence-electron chi connectivity index (χ0n) is 13.3. The molecule has 3 N–H and O–H groups in total. The van der Waals surface area contributed by atoms with E-state index in [9.17, 15) is 0 Å². The Morgan fingerprint density at radius 3 is 2.73 bits per heavy atom. The lowest BCUT2D eigenvalue weighted by Gasteiger charge is -2.20. The van der Waals surface area contributed by atoms with E-state index in [1.54, 1.807) is 11.7 Å². The summed E-state index contributed by atoms with van der Waals surface area (Å²) in [6, 6.07) is 1.99. The number of hydrogen-bond acceptors (Lipinski definition) is 4. The number of hydrogen-bond donors (Lipinski definition) is 2. The quantitative estimate of drug-likeness (QED) is 0.509. The van der Waals surface area contributed by atoms with E-state index in [1.165, 1.54) is 18.4 Å². The van der Waals surface area contributed by atoms with E-state index in [1.807, 2.05) is 18.2 Å². The van der Waals surface area contributed by atoms with Gasteiger partial charge in [0.05, 0.1) is 5.69 Å². The maximum Gasteiger partial charge on any atom is 0.150 e. The summed E-state index contributed by atoms with van der Waals surface area (Å²) in [7, 11) is 1.77. The molecular weight excluding hydrogens is 274 g/mol. The van der Waals surface area contributed by atoms with Crippen molar-refractivity contribution in [2.75, 3.05) is 25.9 Å². The van der Waals surface area contributed by atoms with Gasteiger partial charge in [-0.2, -0.15) is 9.78 Å². The van der Waals surface area contributed by atoms with E-state index in [2.05, 4.69) is 16.9 Å². The second-order valence-corrected chi connectivity index (χ2v) is 6.19. The minimum absolute atomic E-state index is 0.494. The van der Waals surface area contributed by atoms with Gasteiger partial charge in [0, 0.05) is 19.0 Å². The van der Waals surface area contributed by atoms with Gasteiger partial charge >= 0.3 is 0 Å². The largest absolute Gasteiger partial charge is 0.384 e. The van der Waals surface area contributed by atoms with Crippen molar-refractivity contribution in [3.63, 3.8) is 0 Å². The van der Waals surface area contributed by atoms with Gasteiger partial charge in [-0.3, -0.25) is 4.99 Å². The van der Waals surface area contributed by atoms with Crippen molar-refractivity contribution in [2.24, 2.45) is 10.9 Å². The highest BCUT2D eigenvalue weighted by Gasteiger charge is 2.23. The summed E-state index contributed by atoms with van der Waals surface area (Å²) in [6.45, 7) is 6.21.